The molecule has 1 aromatic heterocycles. The van der Waals surface area contributed by atoms with Crippen LogP contribution in [0.25, 0.3) is 5.69 Å². The van der Waals surface area contributed by atoms with E-state index in [1.165, 1.54) is 7.11 Å². The van der Waals surface area contributed by atoms with Crippen LogP contribution in [0.1, 0.15) is 16.1 Å². The Kier molecular flexibility index (Phi) is 4.70. The van der Waals surface area contributed by atoms with Gasteiger partial charge in [0.15, 0.2) is 0 Å². The van der Waals surface area contributed by atoms with E-state index < -0.39 is 5.97 Å². The molecule has 0 N–H and O–H groups in total. The van der Waals surface area contributed by atoms with Crippen LogP contribution < -0.4 is 14.2 Å². The van der Waals surface area contributed by atoms with Crippen molar-refractivity contribution < 1.29 is 19.0 Å². The summed E-state index contributed by atoms with van der Waals surface area (Å²) in [6.07, 6.45) is 0. The minimum atomic E-state index is -0.531. The predicted molar refractivity (Wildman–Crippen MR) is 92.8 cm³/mol. The summed E-state index contributed by atoms with van der Waals surface area (Å²) < 4.78 is 17.6. The number of aromatic nitrogens is 2. The van der Waals surface area contributed by atoms with Gasteiger partial charge in [0, 0.05) is 12.1 Å². The van der Waals surface area contributed by atoms with Crippen molar-refractivity contribution in [1.29, 1.82) is 0 Å². The smallest absolute Gasteiger partial charge is 0.348 e. The summed E-state index contributed by atoms with van der Waals surface area (Å²) in [6.45, 7) is 1.84. The van der Waals surface area contributed by atoms with Crippen molar-refractivity contribution in [1.82, 2.24) is 9.78 Å². The average molecular weight is 338 g/mol. The van der Waals surface area contributed by atoms with E-state index in [4.69, 9.17) is 14.2 Å². The molecule has 2 aromatic carbocycles. The van der Waals surface area contributed by atoms with E-state index in [9.17, 15) is 4.79 Å². The maximum Gasteiger partial charge on any atom is 0.348 e. The molecule has 1 heterocycles. The van der Waals surface area contributed by atoms with Gasteiger partial charge in [0.25, 0.3) is 0 Å². The van der Waals surface area contributed by atoms with Crippen LogP contribution in [-0.4, -0.2) is 30.0 Å². The fourth-order valence-corrected chi connectivity index (χ4v) is 2.42. The number of hydrogen-bond donors (Lipinski definition) is 0. The van der Waals surface area contributed by atoms with Crippen LogP contribution in [-0.2, 0) is 0 Å². The van der Waals surface area contributed by atoms with Gasteiger partial charge in [-0.15, -0.1) is 0 Å². The number of rotatable bonds is 5. The number of carbonyl (C=O) groups excluding carboxylic acids is 1. The van der Waals surface area contributed by atoms with Gasteiger partial charge in [-0.3, -0.25) is 0 Å². The molecule has 6 nitrogen and oxygen atoms in total. The zero-order chi connectivity index (χ0) is 17.8. The molecule has 128 valence electrons. The van der Waals surface area contributed by atoms with Crippen molar-refractivity contribution in [3.05, 3.63) is 65.9 Å². The lowest BCUT2D eigenvalue weighted by Gasteiger charge is -2.11. The molecule has 0 aliphatic carbocycles. The van der Waals surface area contributed by atoms with E-state index in [1.807, 2.05) is 37.3 Å². The highest BCUT2D eigenvalue weighted by Gasteiger charge is 2.19. The van der Waals surface area contributed by atoms with Gasteiger partial charge in [-0.25, -0.2) is 9.48 Å². The molecule has 0 atom stereocenters. The van der Waals surface area contributed by atoms with E-state index in [-0.39, 0.29) is 0 Å². The molecule has 0 spiro atoms. The second-order valence-electron chi connectivity index (χ2n) is 5.33. The van der Waals surface area contributed by atoms with E-state index >= 15 is 0 Å². The normalized spacial score (nSPS) is 10.4. The van der Waals surface area contributed by atoms with E-state index in [0.717, 1.165) is 11.4 Å². The highest BCUT2D eigenvalue weighted by molar-refractivity contribution is 5.94. The lowest BCUT2D eigenvalue weighted by molar-refractivity contribution is 0.0719. The summed E-state index contributed by atoms with van der Waals surface area (Å²) in [5.74, 6) is 0.786. The van der Waals surface area contributed by atoms with Gasteiger partial charge in [0.05, 0.1) is 25.6 Å². The highest BCUT2D eigenvalue weighted by atomic mass is 16.5. The van der Waals surface area contributed by atoms with Gasteiger partial charge in [0.1, 0.15) is 17.1 Å². The van der Waals surface area contributed by atoms with Gasteiger partial charge in [-0.1, -0.05) is 18.2 Å². The molecule has 0 saturated carbocycles. The molecule has 3 aromatic rings. The average Bonchev–Trinajstić information content (AvgIpc) is 3.01. The highest BCUT2D eigenvalue weighted by Crippen LogP contribution is 2.27. The Hall–Kier alpha value is -3.28. The lowest BCUT2D eigenvalue weighted by atomic mass is 10.2. The van der Waals surface area contributed by atoms with E-state index in [2.05, 4.69) is 5.10 Å². The summed E-state index contributed by atoms with van der Waals surface area (Å²) in [5.41, 5.74) is 1.86. The summed E-state index contributed by atoms with van der Waals surface area (Å²) in [7, 11) is 3.04. The Morgan fingerprint density at radius 3 is 2.44 bits per heavy atom. The standard InChI is InChI=1S/C19H18N2O4/c1-13-11-18(21(20-13)14-7-5-4-6-8-14)25-19(22)16-10-9-15(23-2)12-17(16)24-3/h4-12H,1-3H3. The number of benzene rings is 2. The van der Waals surface area contributed by atoms with Crippen LogP contribution in [0.15, 0.2) is 54.6 Å². The number of aryl methyl sites for hydroxylation is 1. The molecule has 3 rings (SSSR count). The maximum atomic E-state index is 12.6. The third-order valence-corrected chi connectivity index (χ3v) is 3.63. The van der Waals surface area contributed by atoms with Crippen molar-refractivity contribution in [2.24, 2.45) is 0 Å². The first-order valence-corrected chi connectivity index (χ1v) is 7.68. The Morgan fingerprint density at radius 1 is 1.00 bits per heavy atom. The number of para-hydroxylation sites is 1. The van der Waals surface area contributed by atoms with Crippen molar-refractivity contribution in [2.45, 2.75) is 6.92 Å². The molecule has 25 heavy (non-hydrogen) atoms. The minimum Gasteiger partial charge on any atom is -0.497 e. The first-order valence-electron chi connectivity index (χ1n) is 7.68. The first-order chi connectivity index (χ1) is 12.1. The molecular formula is C19H18N2O4. The Balaban J connectivity index is 1.92. The number of carbonyl (C=O) groups is 1. The van der Waals surface area contributed by atoms with Gasteiger partial charge in [0.2, 0.25) is 5.88 Å². The molecule has 0 aliphatic heterocycles. The molecule has 0 fully saturated rings. The number of esters is 1. The number of ether oxygens (including phenoxy) is 3. The van der Waals surface area contributed by atoms with Gasteiger partial charge in [-0.05, 0) is 31.2 Å². The summed E-state index contributed by atoms with van der Waals surface area (Å²) in [4.78, 5) is 12.6. The van der Waals surface area contributed by atoms with Crippen molar-refractivity contribution in [3.63, 3.8) is 0 Å². The van der Waals surface area contributed by atoms with Crippen LogP contribution in [0.5, 0.6) is 17.4 Å². The third-order valence-electron chi connectivity index (χ3n) is 3.63. The predicted octanol–water partition coefficient (Wildman–Crippen LogP) is 3.42. The summed E-state index contributed by atoms with van der Waals surface area (Å²) >= 11 is 0. The number of methoxy groups -OCH3 is 2. The molecule has 6 heteroatoms. The minimum absolute atomic E-state index is 0.307. The van der Waals surface area contributed by atoms with Crippen LogP contribution in [0.3, 0.4) is 0 Å². The molecule has 0 saturated heterocycles. The lowest BCUT2D eigenvalue weighted by Crippen LogP contribution is -2.13. The Labute approximate surface area is 145 Å². The van der Waals surface area contributed by atoms with Gasteiger partial charge >= 0.3 is 5.97 Å². The summed E-state index contributed by atoms with van der Waals surface area (Å²) in [6, 6.07) is 16.1. The second-order valence-corrected chi connectivity index (χ2v) is 5.33. The van der Waals surface area contributed by atoms with Crippen molar-refractivity contribution >= 4 is 5.97 Å². The monoisotopic (exact) mass is 338 g/mol. The second kappa shape index (κ2) is 7.09. The largest absolute Gasteiger partial charge is 0.497 e. The molecule has 0 unspecified atom stereocenters. The number of nitrogens with zero attached hydrogens (tertiary/aromatic N) is 2. The number of hydrogen-bond acceptors (Lipinski definition) is 5. The summed E-state index contributed by atoms with van der Waals surface area (Å²) in [5, 5.41) is 4.39. The third kappa shape index (κ3) is 3.47. The van der Waals surface area contributed by atoms with E-state index in [1.54, 1.807) is 36.1 Å². The molecule has 0 aliphatic rings. The SMILES string of the molecule is COc1ccc(C(=O)Oc2cc(C)nn2-c2ccccc2)c(OC)c1. The fourth-order valence-electron chi connectivity index (χ4n) is 2.42. The fraction of sp³-hybridized carbons (Fsp3) is 0.158. The quantitative estimate of drug-likeness (QED) is 0.667. The molecular weight excluding hydrogens is 320 g/mol. The molecule has 0 amide bonds. The zero-order valence-electron chi connectivity index (χ0n) is 14.2. The van der Waals surface area contributed by atoms with Crippen LogP contribution in [0, 0.1) is 6.92 Å². The van der Waals surface area contributed by atoms with E-state index in [0.29, 0.717) is 22.9 Å². The topological polar surface area (TPSA) is 62.6 Å². The Bertz CT molecular complexity index is 888. The van der Waals surface area contributed by atoms with Crippen LogP contribution >= 0.6 is 0 Å². The zero-order valence-corrected chi connectivity index (χ0v) is 14.2. The molecule has 0 bridgehead atoms. The van der Waals surface area contributed by atoms with Crippen LogP contribution in [0.4, 0.5) is 0 Å². The van der Waals surface area contributed by atoms with Crippen molar-refractivity contribution in [2.75, 3.05) is 14.2 Å². The Morgan fingerprint density at radius 2 is 1.76 bits per heavy atom. The van der Waals surface area contributed by atoms with Gasteiger partial charge in [-0.2, -0.15) is 5.10 Å². The first kappa shape index (κ1) is 16.6. The van der Waals surface area contributed by atoms with Crippen LogP contribution in [0.2, 0.25) is 0 Å². The van der Waals surface area contributed by atoms with Gasteiger partial charge < -0.3 is 14.2 Å². The maximum absolute atomic E-state index is 12.6. The van der Waals surface area contributed by atoms with Crippen molar-refractivity contribution in [3.8, 4) is 23.1 Å². The molecule has 0 radical (unpaired) electrons.